The van der Waals surface area contributed by atoms with E-state index in [1.165, 1.54) is 7.41 Å². The average Bonchev–Trinajstić information content (AvgIpc) is 3.21. The standard InChI is InChI=1S/C26H28BN6O4/c1-26(15-34)14-33(27-16-35)23-18(13-28)11-17(12-20(23)26)21-8-9-29-25(31-21)32-22-7-6-19(5-4-10-36-2)30-24(22)37-3/h6-9,11-12,16,34H,4-5,10,14-15H2,1-3H3,(H,29,31,32)/t26-/m1/s1. The van der Waals surface area contributed by atoms with Crippen LogP contribution in [0.25, 0.3) is 11.3 Å². The predicted octanol–water partition coefficient (Wildman–Crippen LogP) is 2.62. The molecular weight excluding hydrogens is 471 g/mol. The molecule has 2 aromatic heterocycles. The fraction of sp³-hybridized carbons (Fsp3) is 0.346. The number of anilines is 3. The molecule has 1 aliphatic heterocycles. The van der Waals surface area contributed by atoms with Crippen LogP contribution in [-0.4, -0.2) is 67.6 Å². The molecule has 3 aromatic rings. The van der Waals surface area contributed by atoms with Gasteiger partial charge >= 0.3 is 7.41 Å². The zero-order valence-electron chi connectivity index (χ0n) is 21.1. The number of hydrogen-bond acceptors (Lipinski definition) is 10. The van der Waals surface area contributed by atoms with Crippen molar-refractivity contribution in [3.63, 3.8) is 0 Å². The fourth-order valence-corrected chi connectivity index (χ4v) is 4.48. The van der Waals surface area contributed by atoms with Gasteiger partial charge in [-0.2, -0.15) is 5.26 Å². The summed E-state index contributed by atoms with van der Waals surface area (Å²) in [5.41, 5.74) is 3.97. The lowest BCUT2D eigenvalue weighted by Crippen LogP contribution is -2.36. The van der Waals surface area contributed by atoms with Gasteiger partial charge in [0.05, 0.1) is 25.0 Å². The third-order valence-electron chi connectivity index (χ3n) is 6.37. The highest BCUT2D eigenvalue weighted by Crippen LogP contribution is 2.44. The molecule has 4 rings (SSSR count). The topological polar surface area (TPSA) is 133 Å². The van der Waals surface area contributed by atoms with Gasteiger partial charge in [-0.15, -0.1) is 0 Å². The van der Waals surface area contributed by atoms with Crippen LogP contribution in [0.4, 0.5) is 17.3 Å². The Morgan fingerprint density at radius 1 is 1.30 bits per heavy atom. The number of aliphatic hydroxyl groups excluding tert-OH is 1. The molecule has 0 saturated heterocycles. The molecular formula is C26H28BN6O4. The number of aromatic nitrogens is 3. The summed E-state index contributed by atoms with van der Waals surface area (Å²) in [6, 6.07) is 11.4. The second-order valence-corrected chi connectivity index (χ2v) is 9.01. The monoisotopic (exact) mass is 499 g/mol. The largest absolute Gasteiger partial charge is 0.480 e. The molecule has 2 N–H and O–H groups in total. The van der Waals surface area contributed by atoms with Crippen LogP contribution in [0.1, 0.15) is 30.2 Å². The van der Waals surface area contributed by atoms with E-state index in [0.717, 1.165) is 24.1 Å². The van der Waals surface area contributed by atoms with Crippen molar-refractivity contribution in [1.82, 2.24) is 15.0 Å². The number of carbonyl (C=O) groups excluding carboxylic acids is 1. The lowest BCUT2D eigenvalue weighted by Gasteiger charge is -2.23. The van der Waals surface area contributed by atoms with Crippen molar-refractivity contribution >= 4 is 30.9 Å². The van der Waals surface area contributed by atoms with Gasteiger partial charge in [0.1, 0.15) is 17.9 Å². The number of aliphatic hydroxyl groups is 1. The van der Waals surface area contributed by atoms with E-state index in [-0.39, 0.29) is 6.61 Å². The SMILES string of the molecule is COCCCc1ccc(Nc2nccc(-c3cc(C#N)c4c(c3)[C@@](C)(CO)CN4[B]C=O)n2)c(OC)n1. The van der Waals surface area contributed by atoms with Gasteiger partial charge in [0, 0.05) is 48.8 Å². The van der Waals surface area contributed by atoms with Crippen LogP contribution >= 0.6 is 0 Å². The van der Waals surface area contributed by atoms with Crippen LogP contribution in [0.5, 0.6) is 5.88 Å². The Kier molecular flexibility index (Phi) is 8.01. The number of pyridine rings is 1. The highest BCUT2D eigenvalue weighted by atomic mass is 16.5. The molecule has 189 valence electrons. The average molecular weight is 499 g/mol. The molecule has 0 amide bonds. The van der Waals surface area contributed by atoms with Gasteiger partial charge in [-0.05, 0) is 48.7 Å². The molecule has 1 atom stereocenters. The van der Waals surface area contributed by atoms with Crippen LogP contribution < -0.4 is 14.9 Å². The van der Waals surface area contributed by atoms with Crippen molar-refractivity contribution in [1.29, 1.82) is 5.26 Å². The van der Waals surface area contributed by atoms with Crippen LogP contribution in [0.3, 0.4) is 0 Å². The molecule has 0 fully saturated rings. The predicted molar refractivity (Wildman–Crippen MR) is 141 cm³/mol. The molecule has 0 saturated carbocycles. The lowest BCUT2D eigenvalue weighted by molar-refractivity contribution is 0.195. The number of methoxy groups -OCH3 is 2. The smallest absolute Gasteiger partial charge is 0.329 e. The van der Waals surface area contributed by atoms with Crippen LogP contribution in [0.15, 0.2) is 36.5 Å². The third kappa shape index (κ3) is 5.40. The molecule has 11 heteroatoms. The first-order valence-electron chi connectivity index (χ1n) is 11.8. The number of rotatable bonds is 11. The fourth-order valence-electron chi connectivity index (χ4n) is 4.48. The van der Waals surface area contributed by atoms with Gasteiger partial charge in [-0.3, -0.25) is 0 Å². The molecule has 10 nitrogen and oxygen atoms in total. The Balaban J connectivity index is 1.66. The number of fused-ring (bicyclic) bond motifs is 1. The number of benzene rings is 1. The lowest BCUT2D eigenvalue weighted by atomic mass is 9.83. The number of nitrogens with zero attached hydrogens (tertiary/aromatic N) is 5. The molecule has 0 spiro atoms. The molecule has 1 aromatic carbocycles. The van der Waals surface area contributed by atoms with Gasteiger partial charge in [0.2, 0.25) is 11.8 Å². The number of nitriles is 1. The first kappa shape index (κ1) is 26.1. The number of carbonyl (C=O) groups is 1. The molecule has 1 radical (unpaired) electrons. The van der Waals surface area contributed by atoms with E-state index < -0.39 is 5.41 Å². The molecule has 1 aliphatic rings. The van der Waals surface area contributed by atoms with E-state index >= 15 is 0 Å². The van der Waals surface area contributed by atoms with Gasteiger partial charge in [-0.25, -0.2) is 15.0 Å². The first-order valence-corrected chi connectivity index (χ1v) is 11.8. The molecule has 0 unspecified atom stereocenters. The molecule has 0 aliphatic carbocycles. The summed E-state index contributed by atoms with van der Waals surface area (Å²) in [5.74, 6) is 0.767. The summed E-state index contributed by atoms with van der Waals surface area (Å²) in [7, 11) is 4.61. The van der Waals surface area contributed by atoms with Gasteiger partial charge in [0.25, 0.3) is 0 Å². The summed E-state index contributed by atoms with van der Waals surface area (Å²) in [4.78, 5) is 26.5. The van der Waals surface area contributed by atoms with Crippen molar-refractivity contribution in [2.75, 3.05) is 44.1 Å². The quantitative estimate of drug-likeness (QED) is 0.230. The van der Waals surface area contributed by atoms with Gasteiger partial charge in [-0.1, -0.05) is 6.92 Å². The first-order chi connectivity index (χ1) is 18.0. The minimum atomic E-state index is -0.644. The Morgan fingerprint density at radius 2 is 2.14 bits per heavy atom. The minimum absolute atomic E-state index is 0.137. The summed E-state index contributed by atoms with van der Waals surface area (Å²) < 4.78 is 10.6. The van der Waals surface area contributed by atoms with E-state index in [1.54, 1.807) is 37.4 Å². The number of ether oxygens (including phenoxy) is 2. The van der Waals surface area contributed by atoms with Crippen LogP contribution in [0.2, 0.25) is 0 Å². The van der Waals surface area contributed by atoms with E-state index in [2.05, 4.69) is 26.3 Å². The maximum atomic E-state index is 11.2. The summed E-state index contributed by atoms with van der Waals surface area (Å²) >= 11 is 0. The van der Waals surface area contributed by atoms with Crippen LogP contribution in [0, 0.1) is 11.3 Å². The summed E-state index contributed by atoms with van der Waals surface area (Å²) in [6.45, 7) is 2.81. The Bertz CT molecular complexity index is 1330. The van der Waals surface area contributed by atoms with Crippen molar-refractivity contribution in [2.45, 2.75) is 25.2 Å². The van der Waals surface area contributed by atoms with Gasteiger partial charge in [0.15, 0.2) is 0 Å². The maximum Gasteiger partial charge on any atom is 0.329 e. The Hall–Kier alpha value is -4.01. The third-order valence-corrected chi connectivity index (χ3v) is 6.37. The maximum absolute atomic E-state index is 11.2. The van der Waals surface area contributed by atoms with E-state index in [0.29, 0.717) is 59.4 Å². The second-order valence-electron chi connectivity index (χ2n) is 9.01. The highest BCUT2D eigenvalue weighted by Gasteiger charge is 2.40. The van der Waals surface area contributed by atoms with E-state index in [1.807, 2.05) is 25.1 Å². The summed E-state index contributed by atoms with van der Waals surface area (Å²) in [6.07, 6.45) is 3.93. The normalized spacial score (nSPS) is 16.1. The zero-order valence-corrected chi connectivity index (χ0v) is 21.1. The van der Waals surface area contributed by atoms with Crippen molar-refractivity contribution in [2.24, 2.45) is 0 Å². The van der Waals surface area contributed by atoms with Crippen molar-refractivity contribution < 1.29 is 19.4 Å². The molecule has 0 bridgehead atoms. The van der Waals surface area contributed by atoms with Gasteiger partial charge < -0.3 is 29.5 Å². The van der Waals surface area contributed by atoms with E-state index in [4.69, 9.17) is 9.47 Å². The number of aryl methyl sites for hydroxylation is 1. The van der Waals surface area contributed by atoms with Crippen molar-refractivity contribution in [3.8, 4) is 23.2 Å². The highest BCUT2D eigenvalue weighted by molar-refractivity contribution is 6.70. The zero-order chi connectivity index (χ0) is 26.4. The molecule has 37 heavy (non-hydrogen) atoms. The molecule has 3 heterocycles. The van der Waals surface area contributed by atoms with E-state index in [9.17, 15) is 15.2 Å². The second kappa shape index (κ2) is 11.4. The number of hydrogen-bond donors (Lipinski definition) is 2. The Morgan fingerprint density at radius 3 is 2.84 bits per heavy atom. The minimum Gasteiger partial charge on any atom is -0.480 e. The Labute approximate surface area is 216 Å². The van der Waals surface area contributed by atoms with Crippen molar-refractivity contribution in [3.05, 3.63) is 53.3 Å². The number of nitrogens with one attached hydrogen (secondary N) is 1. The van der Waals surface area contributed by atoms with Crippen LogP contribution in [-0.2, 0) is 21.4 Å². The summed E-state index contributed by atoms with van der Waals surface area (Å²) in [5, 5.41) is 23.2.